The summed E-state index contributed by atoms with van der Waals surface area (Å²) in [6.07, 6.45) is 0.380. The number of aromatic nitrogens is 1. The number of carbonyl (C=O) groups excluding carboxylic acids is 1. The van der Waals surface area contributed by atoms with E-state index in [1.807, 2.05) is 51.1 Å². The van der Waals surface area contributed by atoms with Crippen LogP contribution in [0.5, 0.6) is 0 Å². The second kappa shape index (κ2) is 7.57. The number of carbonyl (C=O) groups is 2. The minimum atomic E-state index is -0.917. The number of nitrogens with zero attached hydrogens (tertiary/aromatic N) is 1. The number of thiazole rings is 1. The number of rotatable bonds is 6. The summed E-state index contributed by atoms with van der Waals surface area (Å²) >= 11 is 1.28. The lowest BCUT2D eigenvalue weighted by molar-refractivity contribution is -0.141. The smallest absolute Gasteiger partial charge is 0.308 e. The SMILES string of the molecule is CC(C)(C)c1ncsc1C(=O)NCC(Cc1ccccc1)C(=O)O. The van der Waals surface area contributed by atoms with Gasteiger partial charge in [0, 0.05) is 12.0 Å². The largest absolute Gasteiger partial charge is 0.481 e. The van der Waals surface area contributed by atoms with Crippen LogP contribution in [0.3, 0.4) is 0 Å². The Labute approximate surface area is 145 Å². The van der Waals surface area contributed by atoms with E-state index >= 15 is 0 Å². The van der Waals surface area contributed by atoms with Crippen molar-refractivity contribution >= 4 is 23.2 Å². The maximum atomic E-state index is 12.4. The zero-order valence-corrected chi connectivity index (χ0v) is 14.9. The molecule has 1 unspecified atom stereocenters. The molecule has 0 spiro atoms. The van der Waals surface area contributed by atoms with Crippen LogP contribution in [0.2, 0.25) is 0 Å². The maximum Gasteiger partial charge on any atom is 0.308 e. The standard InChI is InChI=1S/C18H22N2O3S/c1-18(2,3)15-14(24-11-20-15)16(21)19-10-13(17(22)23)9-12-7-5-4-6-8-12/h4-8,11,13H,9-10H2,1-3H3,(H,19,21)(H,22,23). The van der Waals surface area contributed by atoms with Gasteiger partial charge in [-0.15, -0.1) is 11.3 Å². The molecule has 24 heavy (non-hydrogen) atoms. The highest BCUT2D eigenvalue weighted by Crippen LogP contribution is 2.27. The van der Waals surface area contributed by atoms with Crippen molar-refractivity contribution in [2.24, 2.45) is 5.92 Å². The van der Waals surface area contributed by atoms with Crippen LogP contribution in [0.1, 0.15) is 41.7 Å². The number of hydrogen-bond acceptors (Lipinski definition) is 4. The lowest BCUT2D eigenvalue weighted by atomic mass is 9.91. The highest BCUT2D eigenvalue weighted by molar-refractivity contribution is 7.11. The predicted molar refractivity (Wildman–Crippen MR) is 94.4 cm³/mol. The molecule has 0 radical (unpaired) electrons. The first-order valence-electron chi connectivity index (χ1n) is 7.78. The zero-order valence-electron chi connectivity index (χ0n) is 14.1. The second-order valence-electron chi connectivity index (χ2n) is 6.71. The van der Waals surface area contributed by atoms with Gasteiger partial charge in [-0.2, -0.15) is 0 Å². The van der Waals surface area contributed by atoms with Gasteiger partial charge in [0.15, 0.2) is 0 Å². The quantitative estimate of drug-likeness (QED) is 0.842. The molecule has 0 saturated heterocycles. The summed E-state index contributed by atoms with van der Waals surface area (Å²) in [5.41, 5.74) is 3.09. The molecular weight excluding hydrogens is 324 g/mol. The van der Waals surface area contributed by atoms with Crippen molar-refractivity contribution in [3.8, 4) is 0 Å². The average Bonchev–Trinajstić information content (AvgIpc) is 3.01. The fourth-order valence-corrected chi connectivity index (χ4v) is 3.30. The van der Waals surface area contributed by atoms with Crippen LogP contribution < -0.4 is 5.32 Å². The molecule has 1 aromatic heterocycles. The van der Waals surface area contributed by atoms with Crippen molar-refractivity contribution < 1.29 is 14.7 Å². The molecule has 1 atom stereocenters. The van der Waals surface area contributed by atoms with Crippen LogP contribution in [-0.2, 0) is 16.6 Å². The lowest BCUT2D eigenvalue weighted by Crippen LogP contribution is -2.34. The average molecular weight is 346 g/mol. The topological polar surface area (TPSA) is 79.3 Å². The first kappa shape index (κ1) is 18.1. The number of carboxylic acid groups (broad SMARTS) is 1. The Balaban J connectivity index is 2.03. The first-order valence-corrected chi connectivity index (χ1v) is 8.66. The van der Waals surface area contributed by atoms with Crippen LogP contribution in [0, 0.1) is 5.92 Å². The van der Waals surface area contributed by atoms with Crippen molar-refractivity contribution in [2.75, 3.05) is 6.54 Å². The molecule has 2 N–H and O–H groups in total. The van der Waals surface area contributed by atoms with E-state index in [1.165, 1.54) is 11.3 Å². The Morgan fingerprint density at radius 3 is 2.50 bits per heavy atom. The van der Waals surface area contributed by atoms with E-state index in [9.17, 15) is 14.7 Å². The highest BCUT2D eigenvalue weighted by Gasteiger charge is 2.26. The van der Waals surface area contributed by atoms with Crippen molar-refractivity contribution in [1.82, 2.24) is 10.3 Å². The van der Waals surface area contributed by atoms with Crippen molar-refractivity contribution in [2.45, 2.75) is 32.6 Å². The summed E-state index contributed by atoms with van der Waals surface area (Å²) in [5, 5.41) is 12.2. The Morgan fingerprint density at radius 2 is 1.92 bits per heavy atom. The van der Waals surface area contributed by atoms with E-state index in [2.05, 4.69) is 10.3 Å². The molecule has 0 aliphatic heterocycles. The molecule has 2 aromatic rings. The summed E-state index contributed by atoms with van der Waals surface area (Å²) in [5.74, 6) is -1.84. The third kappa shape index (κ3) is 4.64. The lowest BCUT2D eigenvalue weighted by Gasteiger charge is -2.18. The number of benzene rings is 1. The van der Waals surface area contributed by atoms with Gasteiger partial charge in [-0.3, -0.25) is 9.59 Å². The van der Waals surface area contributed by atoms with Crippen LogP contribution in [0.15, 0.2) is 35.8 Å². The molecule has 1 aromatic carbocycles. The Bertz CT molecular complexity index is 705. The van der Waals surface area contributed by atoms with E-state index < -0.39 is 11.9 Å². The van der Waals surface area contributed by atoms with Crippen LogP contribution in [-0.4, -0.2) is 28.5 Å². The molecule has 0 bridgehead atoms. The molecular formula is C18H22N2O3S. The van der Waals surface area contributed by atoms with Gasteiger partial charge in [0.1, 0.15) is 4.88 Å². The van der Waals surface area contributed by atoms with Gasteiger partial charge in [-0.05, 0) is 12.0 Å². The van der Waals surface area contributed by atoms with E-state index in [4.69, 9.17) is 0 Å². The number of nitrogens with one attached hydrogen (secondary N) is 1. The third-order valence-corrected chi connectivity index (χ3v) is 4.49. The van der Waals surface area contributed by atoms with Gasteiger partial charge in [0.05, 0.1) is 17.1 Å². The van der Waals surface area contributed by atoms with Gasteiger partial charge < -0.3 is 10.4 Å². The Hall–Kier alpha value is -2.21. The normalized spacial score (nSPS) is 12.6. The fourth-order valence-electron chi connectivity index (χ4n) is 2.38. The van der Waals surface area contributed by atoms with Crippen molar-refractivity contribution in [3.05, 3.63) is 52.0 Å². The maximum absolute atomic E-state index is 12.4. The molecule has 1 amide bonds. The summed E-state index contributed by atoms with van der Waals surface area (Å²) in [4.78, 5) is 28.7. The molecule has 0 aliphatic rings. The van der Waals surface area contributed by atoms with Crippen LogP contribution in [0.4, 0.5) is 0 Å². The number of hydrogen-bond donors (Lipinski definition) is 2. The highest BCUT2D eigenvalue weighted by atomic mass is 32.1. The van der Waals surface area contributed by atoms with Crippen LogP contribution >= 0.6 is 11.3 Å². The molecule has 0 aliphatic carbocycles. The summed E-state index contributed by atoms with van der Waals surface area (Å²) in [7, 11) is 0. The molecule has 2 rings (SSSR count). The monoisotopic (exact) mass is 346 g/mol. The van der Waals surface area contributed by atoms with E-state index in [0.29, 0.717) is 11.3 Å². The van der Waals surface area contributed by atoms with E-state index in [1.54, 1.807) is 5.51 Å². The van der Waals surface area contributed by atoms with E-state index in [-0.39, 0.29) is 17.9 Å². The minimum Gasteiger partial charge on any atom is -0.481 e. The molecule has 0 saturated carbocycles. The minimum absolute atomic E-state index is 0.0878. The first-order chi connectivity index (χ1) is 11.3. The summed E-state index contributed by atoms with van der Waals surface area (Å²) < 4.78 is 0. The van der Waals surface area contributed by atoms with Crippen LogP contribution in [0.25, 0.3) is 0 Å². The fraction of sp³-hybridized carbons (Fsp3) is 0.389. The van der Waals surface area contributed by atoms with Gasteiger partial charge in [0.2, 0.25) is 0 Å². The zero-order chi connectivity index (χ0) is 17.7. The predicted octanol–water partition coefficient (Wildman–Crippen LogP) is 3.11. The van der Waals surface area contributed by atoms with Gasteiger partial charge in [-0.1, -0.05) is 51.1 Å². The van der Waals surface area contributed by atoms with Gasteiger partial charge in [0.25, 0.3) is 5.91 Å². The van der Waals surface area contributed by atoms with Gasteiger partial charge in [-0.25, -0.2) is 4.98 Å². The summed E-state index contributed by atoms with van der Waals surface area (Å²) in [6.45, 7) is 6.07. The molecule has 128 valence electrons. The number of aliphatic carboxylic acids is 1. The third-order valence-electron chi connectivity index (χ3n) is 3.67. The molecule has 6 heteroatoms. The van der Waals surface area contributed by atoms with Gasteiger partial charge >= 0.3 is 5.97 Å². The number of carboxylic acids is 1. The summed E-state index contributed by atoms with van der Waals surface area (Å²) in [6, 6.07) is 9.41. The molecule has 1 heterocycles. The number of amides is 1. The second-order valence-corrected chi connectivity index (χ2v) is 7.57. The molecule has 0 fully saturated rings. The molecule has 5 nitrogen and oxygen atoms in total. The Kier molecular flexibility index (Phi) is 5.72. The Morgan fingerprint density at radius 1 is 1.25 bits per heavy atom. The van der Waals surface area contributed by atoms with Crippen molar-refractivity contribution in [1.29, 1.82) is 0 Å². The van der Waals surface area contributed by atoms with Crippen molar-refractivity contribution in [3.63, 3.8) is 0 Å². The van der Waals surface area contributed by atoms with E-state index in [0.717, 1.165) is 11.3 Å².